The molecule has 1 N–H and O–H groups in total. The number of ketones is 1. The molecular weight excluding hydrogens is 382 g/mol. The summed E-state index contributed by atoms with van der Waals surface area (Å²) in [6.07, 6.45) is 0.758. The fraction of sp³-hybridized carbons (Fsp3) is 0.421. The summed E-state index contributed by atoms with van der Waals surface area (Å²) in [5.41, 5.74) is 0.797. The van der Waals surface area contributed by atoms with Crippen LogP contribution in [0.25, 0.3) is 0 Å². The van der Waals surface area contributed by atoms with Crippen LogP contribution in [0.2, 0.25) is 0 Å². The summed E-state index contributed by atoms with van der Waals surface area (Å²) in [6.45, 7) is 4.91. The molecule has 0 fully saturated rings. The quantitative estimate of drug-likeness (QED) is 0.715. The molecule has 0 spiro atoms. The molecule has 0 aromatic carbocycles. The number of carbonyl (C=O) groups is 2. The van der Waals surface area contributed by atoms with Crippen molar-refractivity contribution in [2.45, 2.75) is 26.3 Å². The molecule has 0 bridgehead atoms. The monoisotopic (exact) mass is 405 g/mol. The van der Waals surface area contributed by atoms with E-state index in [9.17, 15) is 14.7 Å². The highest BCUT2D eigenvalue weighted by molar-refractivity contribution is 7.14. The summed E-state index contributed by atoms with van der Waals surface area (Å²) in [5.74, 6) is -1.22. The first-order chi connectivity index (χ1) is 12.8. The Kier molecular flexibility index (Phi) is 5.78. The summed E-state index contributed by atoms with van der Waals surface area (Å²) < 4.78 is 0. The molecule has 0 unspecified atom stereocenters. The minimum Gasteiger partial charge on any atom is -0.503 e. The number of aromatic nitrogens is 1. The number of thiazole rings is 1. The minimum atomic E-state index is -0.547. The van der Waals surface area contributed by atoms with Gasteiger partial charge in [-0.2, -0.15) is 0 Å². The molecule has 27 heavy (non-hydrogen) atoms. The molecule has 1 aliphatic heterocycles. The number of amides is 1. The number of rotatable bonds is 7. The molecule has 6 nitrogen and oxygen atoms in total. The molecule has 2 aromatic heterocycles. The smallest absolute Gasteiger partial charge is 0.290 e. The molecule has 8 heteroatoms. The Balaban J connectivity index is 1.98. The van der Waals surface area contributed by atoms with Gasteiger partial charge in [-0.1, -0.05) is 6.07 Å². The lowest BCUT2D eigenvalue weighted by atomic mass is 10.00. The van der Waals surface area contributed by atoms with E-state index in [4.69, 9.17) is 0 Å². The SMILES string of the molecule is Cc1nc(C)c(C(=O)C2=C(O)C(=O)N(CCCN(C)C)[C@@H]2c2cccs2)s1. The van der Waals surface area contributed by atoms with E-state index in [2.05, 4.69) is 4.98 Å². The van der Waals surface area contributed by atoms with Crippen molar-refractivity contribution in [1.29, 1.82) is 0 Å². The first kappa shape index (κ1) is 19.7. The van der Waals surface area contributed by atoms with E-state index < -0.39 is 17.7 Å². The third-order valence-corrected chi connectivity index (χ3v) is 6.47. The number of Topliss-reactive ketones (excluding diaryl/α,β-unsaturated/α-hetero) is 1. The van der Waals surface area contributed by atoms with E-state index in [0.29, 0.717) is 17.1 Å². The first-order valence-corrected chi connectivity index (χ1v) is 10.4. The molecule has 1 atom stereocenters. The summed E-state index contributed by atoms with van der Waals surface area (Å²) in [4.78, 5) is 35.3. The highest BCUT2D eigenvalue weighted by Gasteiger charge is 2.44. The second-order valence-electron chi connectivity index (χ2n) is 6.81. The van der Waals surface area contributed by atoms with Gasteiger partial charge in [-0.25, -0.2) is 4.98 Å². The number of aliphatic hydroxyl groups is 1. The molecule has 1 amide bonds. The lowest BCUT2D eigenvalue weighted by Gasteiger charge is -2.26. The van der Waals surface area contributed by atoms with Crippen LogP contribution in [0.3, 0.4) is 0 Å². The normalized spacial score (nSPS) is 17.4. The number of thiophene rings is 1. The van der Waals surface area contributed by atoms with Crippen molar-refractivity contribution in [3.05, 3.63) is 49.3 Å². The molecule has 2 aromatic rings. The van der Waals surface area contributed by atoms with Gasteiger partial charge in [-0.3, -0.25) is 9.59 Å². The van der Waals surface area contributed by atoms with Crippen molar-refractivity contribution in [1.82, 2.24) is 14.8 Å². The number of hydrogen-bond acceptors (Lipinski definition) is 7. The Hall–Kier alpha value is -2.03. The van der Waals surface area contributed by atoms with Crippen LogP contribution in [-0.2, 0) is 4.79 Å². The van der Waals surface area contributed by atoms with Crippen LogP contribution in [0.15, 0.2) is 28.8 Å². The van der Waals surface area contributed by atoms with Crippen LogP contribution in [0.5, 0.6) is 0 Å². The number of nitrogens with zero attached hydrogens (tertiary/aromatic N) is 3. The molecule has 1 aliphatic rings. The maximum atomic E-state index is 13.2. The molecule has 0 saturated heterocycles. The number of hydrogen-bond donors (Lipinski definition) is 1. The maximum Gasteiger partial charge on any atom is 0.290 e. The van der Waals surface area contributed by atoms with Crippen molar-refractivity contribution >= 4 is 34.4 Å². The van der Waals surface area contributed by atoms with Crippen molar-refractivity contribution in [3.8, 4) is 0 Å². The van der Waals surface area contributed by atoms with Gasteiger partial charge in [-0.05, 0) is 52.4 Å². The van der Waals surface area contributed by atoms with Crippen molar-refractivity contribution < 1.29 is 14.7 Å². The molecular formula is C19H23N3O3S2. The molecule has 3 heterocycles. The third kappa shape index (κ3) is 3.83. The van der Waals surface area contributed by atoms with Crippen LogP contribution >= 0.6 is 22.7 Å². The highest BCUT2D eigenvalue weighted by Crippen LogP contribution is 2.41. The Bertz CT molecular complexity index is 884. The molecule has 0 radical (unpaired) electrons. The largest absolute Gasteiger partial charge is 0.503 e. The Morgan fingerprint density at radius 1 is 1.37 bits per heavy atom. The average molecular weight is 406 g/mol. The van der Waals surface area contributed by atoms with Crippen LogP contribution in [-0.4, -0.2) is 58.8 Å². The van der Waals surface area contributed by atoms with Crippen LogP contribution in [0.4, 0.5) is 0 Å². The minimum absolute atomic E-state index is 0.166. The van der Waals surface area contributed by atoms with Gasteiger partial charge in [-0.15, -0.1) is 22.7 Å². The third-order valence-electron chi connectivity index (χ3n) is 4.48. The molecule has 3 rings (SSSR count). The zero-order valence-electron chi connectivity index (χ0n) is 15.9. The van der Waals surface area contributed by atoms with Crippen LogP contribution < -0.4 is 0 Å². The van der Waals surface area contributed by atoms with Gasteiger partial charge in [0.2, 0.25) is 5.78 Å². The van der Waals surface area contributed by atoms with Gasteiger partial charge in [0.15, 0.2) is 5.76 Å². The van der Waals surface area contributed by atoms with E-state index >= 15 is 0 Å². The first-order valence-electron chi connectivity index (χ1n) is 8.72. The second-order valence-corrected chi connectivity index (χ2v) is 8.99. The number of aliphatic hydroxyl groups excluding tert-OH is 1. The lowest BCUT2D eigenvalue weighted by Crippen LogP contribution is -2.33. The van der Waals surface area contributed by atoms with Gasteiger partial charge in [0, 0.05) is 11.4 Å². The maximum absolute atomic E-state index is 13.2. The van der Waals surface area contributed by atoms with Gasteiger partial charge < -0.3 is 14.9 Å². The fourth-order valence-corrected chi connectivity index (χ4v) is 5.00. The van der Waals surface area contributed by atoms with E-state index in [1.807, 2.05) is 43.4 Å². The predicted octanol–water partition coefficient (Wildman–Crippen LogP) is 3.35. The topological polar surface area (TPSA) is 73.7 Å². The van der Waals surface area contributed by atoms with Crippen molar-refractivity contribution in [2.24, 2.45) is 0 Å². The lowest BCUT2D eigenvalue weighted by molar-refractivity contribution is -0.129. The highest BCUT2D eigenvalue weighted by atomic mass is 32.1. The van der Waals surface area contributed by atoms with Crippen LogP contribution in [0, 0.1) is 13.8 Å². The van der Waals surface area contributed by atoms with E-state index in [1.165, 1.54) is 22.7 Å². The average Bonchev–Trinajstić information content (AvgIpc) is 3.29. The van der Waals surface area contributed by atoms with Gasteiger partial charge in [0.1, 0.15) is 0 Å². The Morgan fingerprint density at radius 3 is 2.67 bits per heavy atom. The number of carbonyl (C=O) groups excluding carboxylic acids is 2. The second kappa shape index (κ2) is 7.92. The molecule has 0 aliphatic carbocycles. The van der Waals surface area contributed by atoms with E-state index in [0.717, 1.165) is 22.9 Å². The number of aryl methyl sites for hydroxylation is 2. The molecule has 0 saturated carbocycles. The zero-order chi connectivity index (χ0) is 19.7. The summed E-state index contributed by atoms with van der Waals surface area (Å²) >= 11 is 2.78. The van der Waals surface area contributed by atoms with E-state index in [1.54, 1.807) is 11.8 Å². The summed E-state index contributed by atoms with van der Waals surface area (Å²) in [6, 6.07) is 3.24. The van der Waals surface area contributed by atoms with Crippen LogP contribution in [0.1, 0.15) is 37.7 Å². The van der Waals surface area contributed by atoms with Gasteiger partial charge in [0.05, 0.1) is 27.2 Å². The van der Waals surface area contributed by atoms with Gasteiger partial charge >= 0.3 is 0 Å². The van der Waals surface area contributed by atoms with Crippen molar-refractivity contribution in [2.75, 3.05) is 27.2 Å². The summed E-state index contributed by atoms with van der Waals surface area (Å²) in [7, 11) is 3.95. The zero-order valence-corrected chi connectivity index (χ0v) is 17.5. The predicted molar refractivity (Wildman–Crippen MR) is 108 cm³/mol. The van der Waals surface area contributed by atoms with E-state index in [-0.39, 0.29) is 11.4 Å². The standard InChI is InChI=1S/C19H23N3O3S2/c1-11-18(27-12(2)20-11)16(23)14-15(13-7-5-10-26-13)22(19(25)17(14)24)9-6-8-21(3)4/h5,7,10,15,24H,6,8-9H2,1-4H3/t15-/m1/s1. The van der Waals surface area contributed by atoms with Gasteiger partial charge in [0.25, 0.3) is 5.91 Å². The Morgan fingerprint density at radius 2 is 2.11 bits per heavy atom. The van der Waals surface area contributed by atoms with Crippen molar-refractivity contribution in [3.63, 3.8) is 0 Å². The fourth-order valence-electron chi connectivity index (χ4n) is 3.28. The molecule has 144 valence electrons. The summed E-state index contributed by atoms with van der Waals surface area (Å²) in [5, 5.41) is 13.3. The Labute approximate surface area is 166 Å².